The molecule has 0 saturated carbocycles. The van der Waals surface area contributed by atoms with Gasteiger partial charge in [0.2, 0.25) is 0 Å². The van der Waals surface area contributed by atoms with E-state index in [1.165, 1.54) is 18.5 Å². The molecule has 0 aliphatic heterocycles. The second kappa shape index (κ2) is 7.06. The van der Waals surface area contributed by atoms with Crippen LogP contribution in [0.25, 0.3) is 5.65 Å². The summed E-state index contributed by atoms with van der Waals surface area (Å²) in [4.78, 5) is 4.47. The third kappa shape index (κ3) is 4.07. The van der Waals surface area contributed by atoms with Crippen molar-refractivity contribution in [2.75, 3.05) is 5.73 Å². The van der Waals surface area contributed by atoms with Crippen LogP contribution >= 0.6 is 0 Å². The molecule has 0 amide bonds. The van der Waals surface area contributed by atoms with E-state index >= 15 is 0 Å². The number of nitrogens with two attached hydrogens (primary N) is 1. The average Bonchev–Trinajstić information content (AvgIpc) is 3.01. The third-order valence-electron chi connectivity index (χ3n) is 3.26. The van der Waals surface area contributed by atoms with Crippen molar-refractivity contribution in [3.8, 4) is 0 Å². The number of aromatic amines is 1. The van der Waals surface area contributed by atoms with Crippen molar-refractivity contribution >= 4 is 11.5 Å². The van der Waals surface area contributed by atoms with Gasteiger partial charge in [-0.3, -0.25) is 5.10 Å². The van der Waals surface area contributed by atoms with Crippen molar-refractivity contribution in [3.05, 3.63) is 41.0 Å². The van der Waals surface area contributed by atoms with Gasteiger partial charge in [-0.1, -0.05) is 13.3 Å². The molecule has 0 saturated heterocycles. The predicted molar refractivity (Wildman–Crippen MR) is 88.8 cm³/mol. The number of aryl methyl sites for hydroxylation is 4. The molecule has 0 atom stereocenters. The molecule has 22 heavy (non-hydrogen) atoms. The van der Waals surface area contributed by atoms with Gasteiger partial charge in [0.15, 0.2) is 5.65 Å². The first-order valence-electron chi connectivity index (χ1n) is 7.60. The molecule has 0 fully saturated rings. The summed E-state index contributed by atoms with van der Waals surface area (Å²) in [5, 5.41) is 10.8. The summed E-state index contributed by atoms with van der Waals surface area (Å²) >= 11 is 0. The number of nitrogens with one attached hydrogen (secondary N) is 1. The minimum Gasteiger partial charge on any atom is -0.382 e. The van der Waals surface area contributed by atoms with Crippen molar-refractivity contribution in [1.29, 1.82) is 0 Å². The summed E-state index contributed by atoms with van der Waals surface area (Å²) in [5.41, 5.74) is 10.6. The van der Waals surface area contributed by atoms with Crippen LogP contribution in [0.3, 0.4) is 0 Å². The van der Waals surface area contributed by atoms with E-state index in [1.807, 2.05) is 31.4 Å². The summed E-state index contributed by atoms with van der Waals surface area (Å²) in [6.45, 7) is 8.16. The molecule has 3 N–H and O–H groups in total. The molecule has 6 heteroatoms. The normalized spacial score (nSPS) is 10.5. The molecule has 0 spiro atoms. The maximum Gasteiger partial charge on any atom is 0.155 e. The summed E-state index contributed by atoms with van der Waals surface area (Å²) < 4.78 is 1.97. The van der Waals surface area contributed by atoms with E-state index in [4.69, 9.17) is 5.73 Å². The molecule has 0 aliphatic carbocycles. The van der Waals surface area contributed by atoms with Crippen molar-refractivity contribution in [1.82, 2.24) is 24.8 Å². The second-order valence-corrected chi connectivity index (χ2v) is 5.52. The van der Waals surface area contributed by atoms with Crippen LogP contribution in [-0.4, -0.2) is 24.8 Å². The SMILES string of the molecule is CCCCc1cc(C)nc2cc(C)nn12.Cc1cc(N)n[nH]1. The van der Waals surface area contributed by atoms with E-state index < -0.39 is 0 Å². The summed E-state index contributed by atoms with van der Waals surface area (Å²) in [6, 6.07) is 5.94. The molecule has 3 aromatic heterocycles. The zero-order valence-electron chi connectivity index (χ0n) is 13.7. The van der Waals surface area contributed by atoms with Crippen molar-refractivity contribution in [2.24, 2.45) is 0 Å². The first kappa shape index (κ1) is 16.0. The van der Waals surface area contributed by atoms with Crippen LogP contribution in [0, 0.1) is 20.8 Å². The molecular formula is C16H24N6. The smallest absolute Gasteiger partial charge is 0.155 e. The lowest BCUT2D eigenvalue weighted by Crippen LogP contribution is -2.01. The second-order valence-electron chi connectivity index (χ2n) is 5.52. The molecule has 6 nitrogen and oxygen atoms in total. The zero-order chi connectivity index (χ0) is 16.1. The number of anilines is 1. The quantitative estimate of drug-likeness (QED) is 0.778. The van der Waals surface area contributed by atoms with Gasteiger partial charge in [-0.25, -0.2) is 9.50 Å². The van der Waals surface area contributed by atoms with Crippen LogP contribution in [0.1, 0.15) is 42.5 Å². The molecule has 0 aromatic carbocycles. The van der Waals surface area contributed by atoms with Crippen LogP contribution in [0.2, 0.25) is 0 Å². The van der Waals surface area contributed by atoms with Crippen LogP contribution in [0.15, 0.2) is 18.2 Å². The van der Waals surface area contributed by atoms with E-state index in [9.17, 15) is 0 Å². The maximum absolute atomic E-state index is 5.24. The van der Waals surface area contributed by atoms with Gasteiger partial charge in [0.1, 0.15) is 5.82 Å². The van der Waals surface area contributed by atoms with Crippen molar-refractivity contribution < 1.29 is 0 Å². The van der Waals surface area contributed by atoms with E-state index in [0.29, 0.717) is 5.82 Å². The van der Waals surface area contributed by atoms with E-state index in [0.717, 1.165) is 29.1 Å². The number of hydrogen-bond acceptors (Lipinski definition) is 4. The van der Waals surface area contributed by atoms with E-state index in [-0.39, 0.29) is 0 Å². The highest BCUT2D eigenvalue weighted by atomic mass is 15.3. The Morgan fingerprint density at radius 1 is 1.14 bits per heavy atom. The van der Waals surface area contributed by atoms with Crippen molar-refractivity contribution in [3.63, 3.8) is 0 Å². The first-order valence-corrected chi connectivity index (χ1v) is 7.60. The molecule has 3 rings (SSSR count). The lowest BCUT2D eigenvalue weighted by atomic mass is 10.2. The highest BCUT2D eigenvalue weighted by Crippen LogP contribution is 2.11. The summed E-state index contributed by atoms with van der Waals surface area (Å²) in [5.74, 6) is 0.553. The standard InChI is InChI=1S/C12H17N3.C4H7N3/c1-4-5-6-11-7-9(2)13-12-8-10(3)14-15(11)12;1-3-2-4(5)7-6-3/h7-8H,4-6H2,1-3H3;2H,1H3,(H3,5,6,7). The van der Waals surface area contributed by atoms with Crippen LogP contribution < -0.4 is 5.73 Å². The van der Waals surface area contributed by atoms with E-state index in [2.05, 4.69) is 33.3 Å². The number of unbranched alkanes of at least 4 members (excludes halogenated alkanes) is 1. The molecule has 0 aliphatic rings. The molecule has 3 heterocycles. The molecule has 0 bridgehead atoms. The Labute approximate surface area is 130 Å². The first-order chi connectivity index (χ1) is 10.5. The topological polar surface area (TPSA) is 84.9 Å². The maximum atomic E-state index is 5.24. The van der Waals surface area contributed by atoms with Gasteiger partial charge in [0, 0.05) is 29.2 Å². The Morgan fingerprint density at radius 2 is 1.91 bits per heavy atom. The van der Waals surface area contributed by atoms with Gasteiger partial charge < -0.3 is 5.73 Å². The number of fused-ring (bicyclic) bond motifs is 1. The fourth-order valence-electron chi connectivity index (χ4n) is 2.27. The predicted octanol–water partition coefficient (Wildman–Crippen LogP) is 2.99. The molecule has 0 unspecified atom stereocenters. The Kier molecular flexibility index (Phi) is 5.14. The lowest BCUT2D eigenvalue weighted by Gasteiger charge is -2.04. The number of nitrogen functional groups attached to an aromatic ring is 1. The number of nitrogens with zero attached hydrogens (tertiary/aromatic N) is 4. The van der Waals surface area contributed by atoms with Gasteiger partial charge in [0.05, 0.1) is 5.69 Å². The van der Waals surface area contributed by atoms with Crippen LogP contribution in [-0.2, 0) is 6.42 Å². The fourth-order valence-corrected chi connectivity index (χ4v) is 2.27. The molecule has 3 aromatic rings. The minimum absolute atomic E-state index is 0.553. The van der Waals surface area contributed by atoms with Gasteiger partial charge in [0.25, 0.3) is 0 Å². The van der Waals surface area contributed by atoms with Gasteiger partial charge >= 0.3 is 0 Å². The zero-order valence-corrected chi connectivity index (χ0v) is 13.7. The number of H-pyrrole nitrogens is 1. The average molecular weight is 300 g/mol. The molecule has 0 radical (unpaired) electrons. The highest BCUT2D eigenvalue weighted by Gasteiger charge is 2.05. The Bertz CT molecular complexity index is 724. The fraction of sp³-hybridized carbons (Fsp3) is 0.438. The van der Waals surface area contributed by atoms with Gasteiger partial charge in [-0.05, 0) is 39.7 Å². The number of hydrogen-bond donors (Lipinski definition) is 2. The number of rotatable bonds is 3. The lowest BCUT2D eigenvalue weighted by molar-refractivity contribution is 0.733. The minimum atomic E-state index is 0.553. The van der Waals surface area contributed by atoms with Gasteiger partial charge in [-0.15, -0.1) is 0 Å². The Morgan fingerprint density at radius 3 is 2.45 bits per heavy atom. The van der Waals surface area contributed by atoms with E-state index in [1.54, 1.807) is 6.07 Å². The molecule has 118 valence electrons. The van der Waals surface area contributed by atoms with Gasteiger partial charge in [-0.2, -0.15) is 10.2 Å². The largest absolute Gasteiger partial charge is 0.382 e. The van der Waals surface area contributed by atoms with Crippen LogP contribution in [0.4, 0.5) is 5.82 Å². The molecular weight excluding hydrogens is 276 g/mol. The third-order valence-corrected chi connectivity index (χ3v) is 3.26. The van der Waals surface area contributed by atoms with Crippen molar-refractivity contribution in [2.45, 2.75) is 47.0 Å². The highest BCUT2D eigenvalue weighted by molar-refractivity contribution is 5.41. The number of aromatic nitrogens is 5. The summed E-state index contributed by atoms with van der Waals surface area (Å²) in [7, 11) is 0. The monoisotopic (exact) mass is 300 g/mol. The Balaban J connectivity index is 0.000000211. The van der Waals surface area contributed by atoms with Crippen LogP contribution in [0.5, 0.6) is 0 Å². The summed E-state index contributed by atoms with van der Waals surface area (Å²) in [6.07, 6.45) is 3.50. The Hall–Kier alpha value is -2.37.